The van der Waals surface area contributed by atoms with E-state index in [1.54, 1.807) is 0 Å². The molecule has 3 heteroatoms. The molecule has 0 aromatic carbocycles. The highest BCUT2D eigenvalue weighted by molar-refractivity contribution is 4.51. The van der Waals surface area contributed by atoms with Gasteiger partial charge < -0.3 is 14.2 Å². The standard InChI is InChI=1S/C8H16O3/c1-7(2)9-4-3-8-10-5-6-11-8/h7-8H,3-6H2,1-2H3. The summed E-state index contributed by atoms with van der Waals surface area (Å²) >= 11 is 0. The van der Waals surface area contributed by atoms with E-state index in [4.69, 9.17) is 14.2 Å². The molecular weight excluding hydrogens is 144 g/mol. The molecule has 0 aromatic rings. The lowest BCUT2D eigenvalue weighted by Crippen LogP contribution is -2.13. The molecular formula is C8H16O3. The third-order valence-corrected chi connectivity index (χ3v) is 1.50. The third-order valence-electron chi connectivity index (χ3n) is 1.50. The Balaban J connectivity index is 1.94. The fraction of sp³-hybridized carbons (Fsp3) is 1.00. The minimum Gasteiger partial charge on any atom is -0.379 e. The first-order chi connectivity index (χ1) is 5.29. The summed E-state index contributed by atoms with van der Waals surface area (Å²) in [5.41, 5.74) is 0. The first-order valence-corrected chi connectivity index (χ1v) is 4.14. The maximum atomic E-state index is 5.34. The molecule has 1 heterocycles. The largest absolute Gasteiger partial charge is 0.379 e. The zero-order valence-electron chi connectivity index (χ0n) is 7.21. The minimum atomic E-state index is -0.0197. The van der Waals surface area contributed by atoms with Crippen LogP contribution in [0, 0.1) is 0 Å². The molecule has 3 nitrogen and oxygen atoms in total. The van der Waals surface area contributed by atoms with Gasteiger partial charge in [-0.05, 0) is 13.8 Å². The summed E-state index contributed by atoms with van der Waals surface area (Å²) in [6.07, 6.45) is 1.13. The van der Waals surface area contributed by atoms with E-state index in [1.165, 1.54) is 0 Å². The number of ether oxygens (including phenoxy) is 3. The first-order valence-electron chi connectivity index (χ1n) is 4.14. The highest BCUT2D eigenvalue weighted by atomic mass is 16.7. The summed E-state index contributed by atoms with van der Waals surface area (Å²) in [5.74, 6) is 0. The van der Waals surface area contributed by atoms with Crippen molar-refractivity contribution < 1.29 is 14.2 Å². The van der Waals surface area contributed by atoms with E-state index < -0.39 is 0 Å². The monoisotopic (exact) mass is 160 g/mol. The topological polar surface area (TPSA) is 27.7 Å². The molecule has 0 spiro atoms. The van der Waals surface area contributed by atoms with E-state index in [0.29, 0.717) is 6.10 Å². The molecule has 1 fully saturated rings. The Morgan fingerprint density at radius 3 is 2.55 bits per heavy atom. The van der Waals surface area contributed by atoms with Gasteiger partial charge in [0.2, 0.25) is 0 Å². The zero-order valence-corrected chi connectivity index (χ0v) is 7.21. The molecule has 0 saturated carbocycles. The van der Waals surface area contributed by atoms with Crippen LogP contribution in [-0.4, -0.2) is 32.2 Å². The molecule has 11 heavy (non-hydrogen) atoms. The quantitative estimate of drug-likeness (QED) is 0.618. The van der Waals surface area contributed by atoms with Gasteiger partial charge in [-0.25, -0.2) is 0 Å². The summed E-state index contributed by atoms with van der Waals surface area (Å²) in [7, 11) is 0. The predicted octanol–water partition coefficient (Wildman–Crippen LogP) is 1.17. The Bertz CT molecular complexity index is 97.5. The van der Waals surface area contributed by atoms with E-state index in [2.05, 4.69) is 0 Å². The Labute approximate surface area is 67.6 Å². The number of rotatable bonds is 4. The molecule has 0 aromatic heterocycles. The molecule has 0 aliphatic carbocycles. The molecule has 1 rings (SSSR count). The average molecular weight is 160 g/mol. The lowest BCUT2D eigenvalue weighted by atomic mass is 10.4. The van der Waals surface area contributed by atoms with Crippen LogP contribution in [0.4, 0.5) is 0 Å². The smallest absolute Gasteiger partial charge is 0.160 e. The third kappa shape index (κ3) is 3.70. The van der Waals surface area contributed by atoms with Gasteiger partial charge in [-0.1, -0.05) is 0 Å². The van der Waals surface area contributed by atoms with Crippen LogP contribution in [0.2, 0.25) is 0 Å². The van der Waals surface area contributed by atoms with Crippen molar-refractivity contribution in [3.8, 4) is 0 Å². The van der Waals surface area contributed by atoms with Gasteiger partial charge in [0.15, 0.2) is 6.29 Å². The molecule has 0 radical (unpaired) electrons. The van der Waals surface area contributed by atoms with Gasteiger partial charge in [-0.3, -0.25) is 0 Å². The van der Waals surface area contributed by atoms with Gasteiger partial charge in [-0.15, -0.1) is 0 Å². The van der Waals surface area contributed by atoms with Gasteiger partial charge in [0.1, 0.15) is 0 Å². The van der Waals surface area contributed by atoms with Crippen LogP contribution < -0.4 is 0 Å². The van der Waals surface area contributed by atoms with Gasteiger partial charge in [0, 0.05) is 6.42 Å². The van der Waals surface area contributed by atoms with Crippen molar-refractivity contribution in [2.24, 2.45) is 0 Å². The second-order valence-corrected chi connectivity index (χ2v) is 2.88. The minimum absolute atomic E-state index is 0.0197. The summed E-state index contributed by atoms with van der Waals surface area (Å²) in [6, 6.07) is 0. The molecule has 0 atom stereocenters. The zero-order chi connectivity index (χ0) is 8.10. The van der Waals surface area contributed by atoms with Gasteiger partial charge in [0.25, 0.3) is 0 Å². The van der Waals surface area contributed by atoms with Crippen LogP contribution in [0.3, 0.4) is 0 Å². The Morgan fingerprint density at radius 2 is 2.00 bits per heavy atom. The van der Waals surface area contributed by atoms with E-state index in [0.717, 1.165) is 26.2 Å². The molecule has 0 amide bonds. The predicted molar refractivity (Wildman–Crippen MR) is 41.4 cm³/mol. The number of hydrogen-bond acceptors (Lipinski definition) is 3. The van der Waals surface area contributed by atoms with Crippen molar-refractivity contribution >= 4 is 0 Å². The van der Waals surface area contributed by atoms with Crippen molar-refractivity contribution in [1.29, 1.82) is 0 Å². The maximum absolute atomic E-state index is 5.34. The van der Waals surface area contributed by atoms with Crippen LogP contribution >= 0.6 is 0 Å². The molecule has 0 unspecified atom stereocenters. The fourth-order valence-electron chi connectivity index (χ4n) is 0.974. The Morgan fingerprint density at radius 1 is 1.36 bits per heavy atom. The van der Waals surface area contributed by atoms with Crippen LogP contribution in [0.5, 0.6) is 0 Å². The fourth-order valence-corrected chi connectivity index (χ4v) is 0.974. The SMILES string of the molecule is CC(C)OCCC1OCCO1. The van der Waals surface area contributed by atoms with Crippen molar-refractivity contribution in [2.45, 2.75) is 32.7 Å². The van der Waals surface area contributed by atoms with Crippen LogP contribution in [-0.2, 0) is 14.2 Å². The maximum Gasteiger partial charge on any atom is 0.160 e. The van der Waals surface area contributed by atoms with E-state index in [9.17, 15) is 0 Å². The van der Waals surface area contributed by atoms with Crippen molar-refractivity contribution in [1.82, 2.24) is 0 Å². The van der Waals surface area contributed by atoms with Gasteiger partial charge >= 0.3 is 0 Å². The van der Waals surface area contributed by atoms with Crippen LogP contribution in [0.25, 0.3) is 0 Å². The molecule has 1 aliphatic heterocycles. The molecule has 1 aliphatic rings. The second-order valence-electron chi connectivity index (χ2n) is 2.88. The molecule has 1 saturated heterocycles. The van der Waals surface area contributed by atoms with Gasteiger partial charge in [0.05, 0.1) is 25.9 Å². The average Bonchev–Trinajstić information content (AvgIpc) is 2.39. The number of hydrogen-bond donors (Lipinski definition) is 0. The summed E-state index contributed by atoms with van der Waals surface area (Å²) < 4.78 is 15.8. The highest BCUT2D eigenvalue weighted by Crippen LogP contribution is 2.07. The van der Waals surface area contributed by atoms with E-state index in [1.807, 2.05) is 13.8 Å². The first kappa shape index (κ1) is 8.97. The van der Waals surface area contributed by atoms with Crippen molar-refractivity contribution in [2.75, 3.05) is 19.8 Å². The molecule has 66 valence electrons. The van der Waals surface area contributed by atoms with Crippen molar-refractivity contribution in [3.05, 3.63) is 0 Å². The van der Waals surface area contributed by atoms with Crippen molar-refractivity contribution in [3.63, 3.8) is 0 Å². The molecule has 0 bridgehead atoms. The van der Waals surface area contributed by atoms with Gasteiger partial charge in [-0.2, -0.15) is 0 Å². The summed E-state index contributed by atoms with van der Waals surface area (Å²) in [5, 5.41) is 0. The Hall–Kier alpha value is -0.120. The summed E-state index contributed by atoms with van der Waals surface area (Å²) in [4.78, 5) is 0. The Kier molecular flexibility index (Phi) is 3.83. The lowest BCUT2D eigenvalue weighted by Gasteiger charge is -2.10. The normalized spacial score (nSPS) is 19.9. The van der Waals surface area contributed by atoms with Crippen LogP contribution in [0.1, 0.15) is 20.3 Å². The second kappa shape index (κ2) is 4.70. The van der Waals surface area contributed by atoms with Crippen LogP contribution in [0.15, 0.2) is 0 Å². The molecule has 0 N–H and O–H groups in total. The van der Waals surface area contributed by atoms with E-state index >= 15 is 0 Å². The van der Waals surface area contributed by atoms with E-state index in [-0.39, 0.29) is 6.29 Å². The summed E-state index contributed by atoms with van der Waals surface area (Å²) in [6.45, 7) is 6.23. The lowest BCUT2D eigenvalue weighted by molar-refractivity contribution is -0.0668. The highest BCUT2D eigenvalue weighted by Gasteiger charge is 2.15.